The van der Waals surface area contributed by atoms with Gasteiger partial charge in [-0.15, -0.1) is 11.3 Å². The van der Waals surface area contributed by atoms with Gasteiger partial charge in [0, 0.05) is 36.4 Å². The maximum atomic E-state index is 4.42. The first-order valence-electron chi connectivity index (χ1n) is 5.41. The SMILES string of the molecule is CCNCc1cnc(Cc2cccnc2)s1. The van der Waals surface area contributed by atoms with Gasteiger partial charge in [-0.25, -0.2) is 4.98 Å². The molecule has 2 heterocycles. The van der Waals surface area contributed by atoms with Crippen LogP contribution in [0.3, 0.4) is 0 Å². The van der Waals surface area contributed by atoms with E-state index >= 15 is 0 Å². The molecule has 0 aliphatic rings. The Balaban J connectivity index is 1.97. The van der Waals surface area contributed by atoms with Crippen molar-refractivity contribution >= 4 is 11.3 Å². The molecule has 1 N–H and O–H groups in total. The zero-order valence-corrected chi connectivity index (χ0v) is 10.1. The maximum absolute atomic E-state index is 4.42. The summed E-state index contributed by atoms with van der Waals surface area (Å²) < 4.78 is 0. The van der Waals surface area contributed by atoms with E-state index in [2.05, 4.69) is 28.3 Å². The molecule has 0 spiro atoms. The second kappa shape index (κ2) is 5.72. The Kier molecular flexibility index (Phi) is 4.02. The van der Waals surface area contributed by atoms with Crippen molar-refractivity contribution in [2.75, 3.05) is 6.54 Å². The average molecular weight is 233 g/mol. The Morgan fingerprint density at radius 3 is 3.06 bits per heavy atom. The summed E-state index contributed by atoms with van der Waals surface area (Å²) in [6.45, 7) is 4.02. The molecular weight excluding hydrogens is 218 g/mol. The number of nitrogens with one attached hydrogen (secondary N) is 1. The molecule has 0 fully saturated rings. The predicted octanol–water partition coefficient (Wildman–Crippen LogP) is 2.24. The van der Waals surface area contributed by atoms with E-state index in [4.69, 9.17) is 0 Å². The van der Waals surface area contributed by atoms with E-state index in [-0.39, 0.29) is 0 Å². The summed E-state index contributed by atoms with van der Waals surface area (Å²) in [4.78, 5) is 9.81. The highest BCUT2D eigenvalue weighted by molar-refractivity contribution is 7.11. The van der Waals surface area contributed by atoms with Gasteiger partial charge in [0.15, 0.2) is 0 Å². The molecule has 0 aromatic carbocycles. The lowest BCUT2D eigenvalue weighted by atomic mass is 10.2. The second-order valence-corrected chi connectivity index (χ2v) is 4.74. The first-order valence-corrected chi connectivity index (χ1v) is 6.23. The highest BCUT2D eigenvalue weighted by Gasteiger charge is 2.02. The van der Waals surface area contributed by atoms with Crippen molar-refractivity contribution in [3.8, 4) is 0 Å². The molecular formula is C12H15N3S. The lowest BCUT2D eigenvalue weighted by molar-refractivity contribution is 0.734. The quantitative estimate of drug-likeness (QED) is 0.860. The van der Waals surface area contributed by atoms with Crippen molar-refractivity contribution in [2.24, 2.45) is 0 Å². The minimum atomic E-state index is 0.880. The minimum absolute atomic E-state index is 0.880. The van der Waals surface area contributed by atoms with Crippen LogP contribution in [0.15, 0.2) is 30.7 Å². The molecule has 0 bridgehead atoms. The van der Waals surface area contributed by atoms with Gasteiger partial charge in [0.2, 0.25) is 0 Å². The van der Waals surface area contributed by atoms with Gasteiger partial charge in [-0.3, -0.25) is 4.98 Å². The fraction of sp³-hybridized carbons (Fsp3) is 0.333. The van der Waals surface area contributed by atoms with Gasteiger partial charge in [0.25, 0.3) is 0 Å². The molecule has 0 amide bonds. The van der Waals surface area contributed by atoms with Gasteiger partial charge in [-0.2, -0.15) is 0 Å². The Hall–Kier alpha value is -1.26. The van der Waals surface area contributed by atoms with Crippen molar-refractivity contribution in [3.63, 3.8) is 0 Å². The normalized spacial score (nSPS) is 10.6. The highest BCUT2D eigenvalue weighted by atomic mass is 32.1. The Morgan fingerprint density at radius 2 is 2.31 bits per heavy atom. The zero-order chi connectivity index (χ0) is 11.2. The second-order valence-electron chi connectivity index (χ2n) is 3.54. The molecule has 2 rings (SSSR count). The van der Waals surface area contributed by atoms with Crippen LogP contribution in [-0.2, 0) is 13.0 Å². The number of nitrogens with zero attached hydrogens (tertiary/aromatic N) is 2. The largest absolute Gasteiger partial charge is 0.312 e. The molecule has 0 radical (unpaired) electrons. The van der Waals surface area contributed by atoms with Crippen LogP contribution in [-0.4, -0.2) is 16.5 Å². The van der Waals surface area contributed by atoms with Crippen LogP contribution < -0.4 is 5.32 Å². The molecule has 0 saturated carbocycles. The van der Waals surface area contributed by atoms with Crippen LogP contribution in [0.1, 0.15) is 22.4 Å². The lowest BCUT2D eigenvalue weighted by Crippen LogP contribution is -2.10. The minimum Gasteiger partial charge on any atom is -0.312 e. The number of pyridine rings is 1. The molecule has 0 atom stereocenters. The van der Waals surface area contributed by atoms with Crippen LogP contribution in [0.4, 0.5) is 0 Å². The van der Waals surface area contributed by atoms with E-state index in [1.54, 1.807) is 17.5 Å². The van der Waals surface area contributed by atoms with Crippen molar-refractivity contribution in [1.82, 2.24) is 15.3 Å². The summed E-state index contributed by atoms with van der Waals surface area (Å²) >= 11 is 1.77. The van der Waals surface area contributed by atoms with E-state index in [9.17, 15) is 0 Å². The summed E-state index contributed by atoms with van der Waals surface area (Å²) in [6, 6.07) is 4.04. The van der Waals surface area contributed by atoms with E-state index in [0.717, 1.165) is 24.5 Å². The standard InChI is InChI=1S/C12H15N3S/c1-2-13-8-11-9-15-12(16-11)6-10-4-3-5-14-7-10/h3-5,7,9,13H,2,6,8H2,1H3. The third kappa shape index (κ3) is 3.12. The highest BCUT2D eigenvalue weighted by Crippen LogP contribution is 2.16. The predicted molar refractivity (Wildman–Crippen MR) is 66.5 cm³/mol. The van der Waals surface area contributed by atoms with Gasteiger partial charge < -0.3 is 5.32 Å². The molecule has 0 aliphatic heterocycles. The summed E-state index contributed by atoms with van der Waals surface area (Å²) in [5.74, 6) is 0. The molecule has 2 aromatic heterocycles. The van der Waals surface area contributed by atoms with Crippen molar-refractivity contribution in [1.29, 1.82) is 0 Å². The third-order valence-corrected chi connectivity index (χ3v) is 3.23. The van der Waals surface area contributed by atoms with Gasteiger partial charge >= 0.3 is 0 Å². The average Bonchev–Trinajstić information content (AvgIpc) is 2.75. The van der Waals surface area contributed by atoms with Crippen LogP contribution in [0, 0.1) is 0 Å². The molecule has 0 unspecified atom stereocenters. The third-order valence-electron chi connectivity index (χ3n) is 2.23. The van der Waals surface area contributed by atoms with E-state index in [0.29, 0.717) is 0 Å². The number of rotatable bonds is 5. The fourth-order valence-electron chi connectivity index (χ4n) is 1.44. The topological polar surface area (TPSA) is 37.8 Å². The van der Waals surface area contributed by atoms with E-state index in [1.165, 1.54) is 10.4 Å². The van der Waals surface area contributed by atoms with E-state index < -0.39 is 0 Å². The van der Waals surface area contributed by atoms with Gasteiger partial charge in [-0.05, 0) is 18.2 Å². The van der Waals surface area contributed by atoms with Crippen LogP contribution in [0.2, 0.25) is 0 Å². The van der Waals surface area contributed by atoms with Gasteiger partial charge in [0.1, 0.15) is 0 Å². The lowest BCUT2D eigenvalue weighted by Gasteiger charge is -1.96. The van der Waals surface area contributed by atoms with E-state index in [1.807, 2.05) is 18.5 Å². The molecule has 84 valence electrons. The van der Waals surface area contributed by atoms with Gasteiger partial charge in [-0.1, -0.05) is 13.0 Å². The molecule has 0 saturated heterocycles. The first-order chi connectivity index (χ1) is 7.88. The van der Waals surface area contributed by atoms with Crippen LogP contribution in [0.25, 0.3) is 0 Å². The summed E-state index contributed by atoms with van der Waals surface area (Å²) in [6.07, 6.45) is 6.52. The Bertz CT molecular complexity index is 425. The van der Waals surface area contributed by atoms with Crippen molar-refractivity contribution < 1.29 is 0 Å². The zero-order valence-electron chi connectivity index (χ0n) is 9.31. The molecule has 2 aromatic rings. The number of aromatic nitrogens is 2. The Labute approximate surface area is 99.6 Å². The van der Waals surface area contributed by atoms with Gasteiger partial charge in [0.05, 0.1) is 5.01 Å². The van der Waals surface area contributed by atoms with Crippen molar-refractivity contribution in [3.05, 3.63) is 46.2 Å². The number of hydrogen-bond acceptors (Lipinski definition) is 4. The maximum Gasteiger partial charge on any atom is 0.0972 e. The number of thiazole rings is 1. The molecule has 3 nitrogen and oxygen atoms in total. The monoisotopic (exact) mass is 233 g/mol. The smallest absolute Gasteiger partial charge is 0.0972 e. The molecule has 0 aliphatic carbocycles. The van der Waals surface area contributed by atoms with Crippen LogP contribution >= 0.6 is 11.3 Å². The fourth-order valence-corrected chi connectivity index (χ4v) is 2.36. The summed E-state index contributed by atoms with van der Waals surface area (Å²) in [7, 11) is 0. The van der Waals surface area contributed by atoms with Crippen LogP contribution in [0.5, 0.6) is 0 Å². The molecule has 4 heteroatoms. The summed E-state index contributed by atoms with van der Waals surface area (Å²) in [5, 5.41) is 4.45. The first kappa shape index (κ1) is 11.2. The Morgan fingerprint density at radius 1 is 1.38 bits per heavy atom. The molecule has 16 heavy (non-hydrogen) atoms. The summed E-state index contributed by atoms with van der Waals surface area (Å²) in [5.41, 5.74) is 1.21. The van der Waals surface area contributed by atoms with Crippen molar-refractivity contribution in [2.45, 2.75) is 19.9 Å². The number of hydrogen-bond donors (Lipinski definition) is 1.